The predicted octanol–water partition coefficient (Wildman–Crippen LogP) is -1.49. The Kier molecular flexibility index (Phi) is 3.32. The van der Waals surface area contributed by atoms with E-state index < -0.39 is 0 Å². The number of carbonyl (C=O) groups is 1. The highest BCUT2D eigenvalue weighted by Gasteiger charge is 1.93. The molecule has 0 heterocycles. The Morgan fingerprint density at radius 3 is 2.71 bits per heavy atom. The van der Waals surface area contributed by atoms with E-state index >= 15 is 0 Å². The summed E-state index contributed by atoms with van der Waals surface area (Å²) in [5, 5.41) is 1.51. The van der Waals surface area contributed by atoms with Crippen LogP contribution in [0.3, 0.4) is 0 Å². The molecule has 0 amide bonds. The van der Waals surface area contributed by atoms with Crippen molar-refractivity contribution >= 4 is 5.97 Å². The van der Waals surface area contributed by atoms with Gasteiger partial charge in [0.15, 0.2) is 6.54 Å². The van der Waals surface area contributed by atoms with Crippen molar-refractivity contribution in [2.45, 2.75) is 0 Å². The zero-order chi connectivity index (χ0) is 5.70. The molecule has 0 aliphatic heterocycles. The standard InChI is InChI=1S/C4H9NO2/c1-5-3-4(6)7-2/h1,3,5H2,2H3. The predicted molar refractivity (Wildman–Crippen MR) is 24.2 cm³/mol. The molecule has 7 heavy (non-hydrogen) atoms. The number of rotatable bonds is 2. The van der Waals surface area contributed by atoms with Crippen molar-refractivity contribution in [2.24, 2.45) is 0 Å². The Morgan fingerprint density at radius 1 is 2.00 bits per heavy atom. The van der Waals surface area contributed by atoms with Gasteiger partial charge in [-0.2, -0.15) is 7.05 Å². The lowest BCUT2D eigenvalue weighted by Crippen LogP contribution is -2.79. The first-order valence-electron chi connectivity index (χ1n) is 1.99. The largest absolute Gasteiger partial charge is 0.470 e. The van der Waals surface area contributed by atoms with Crippen LogP contribution in [-0.2, 0) is 9.53 Å². The number of hydrogen-bond acceptors (Lipinski definition) is 2. The fourth-order valence-corrected chi connectivity index (χ4v) is 0.201. The minimum absolute atomic E-state index is 0.241. The topological polar surface area (TPSA) is 42.9 Å². The van der Waals surface area contributed by atoms with Crippen LogP contribution in [0.1, 0.15) is 0 Å². The molecule has 2 N–H and O–H groups in total. The summed E-state index contributed by atoms with van der Waals surface area (Å²) in [7, 11) is 4.70. The number of ether oxygens (including phenoxy) is 1. The quantitative estimate of drug-likeness (QED) is 0.342. The summed E-state index contributed by atoms with van der Waals surface area (Å²) in [6.45, 7) is 0.302. The molecule has 3 heteroatoms. The number of methoxy groups -OCH3 is 1. The highest BCUT2D eigenvalue weighted by Crippen LogP contribution is 1.60. The van der Waals surface area contributed by atoms with Gasteiger partial charge < -0.3 is 10.1 Å². The molecule has 0 aliphatic carbocycles. The first-order chi connectivity index (χ1) is 3.31. The molecule has 3 nitrogen and oxygen atoms in total. The molecule has 0 aliphatic rings. The van der Waals surface area contributed by atoms with Crippen LogP contribution in [0, 0.1) is 7.05 Å². The van der Waals surface area contributed by atoms with Gasteiger partial charge in [-0.1, -0.05) is 0 Å². The molecule has 0 aromatic rings. The SMILES string of the molecule is [CH2-][NH2+]CC(=O)OC. The van der Waals surface area contributed by atoms with E-state index in [1.54, 1.807) is 0 Å². The molecule has 0 unspecified atom stereocenters. The summed E-state index contributed by atoms with van der Waals surface area (Å²) < 4.78 is 4.28. The second kappa shape index (κ2) is 3.61. The van der Waals surface area contributed by atoms with Crippen molar-refractivity contribution in [3.8, 4) is 0 Å². The van der Waals surface area contributed by atoms with Crippen molar-refractivity contribution in [1.29, 1.82) is 0 Å². The maximum Gasteiger partial charge on any atom is 0.359 e. The Hall–Kier alpha value is -0.570. The summed E-state index contributed by atoms with van der Waals surface area (Å²) in [6.07, 6.45) is 0. The molecule has 0 saturated carbocycles. The van der Waals surface area contributed by atoms with Gasteiger partial charge in [0.05, 0.1) is 7.11 Å². The third-order valence-corrected chi connectivity index (χ3v) is 0.539. The van der Waals surface area contributed by atoms with E-state index in [0.29, 0.717) is 6.54 Å². The van der Waals surface area contributed by atoms with E-state index in [0.717, 1.165) is 0 Å². The Balaban J connectivity index is 3.00. The minimum atomic E-state index is -0.241. The van der Waals surface area contributed by atoms with Crippen molar-refractivity contribution in [1.82, 2.24) is 0 Å². The van der Waals surface area contributed by atoms with E-state index in [2.05, 4.69) is 11.8 Å². The second-order valence-corrected chi connectivity index (χ2v) is 1.07. The van der Waals surface area contributed by atoms with Crippen molar-refractivity contribution in [3.05, 3.63) is 7.05 Å². The fraction of sp³-hybridized carbons (Fsp3) is 0.500. The van der Waals surface area contributed by atoms with Crippen molar-refractivity contribution < 1.29 is 14.8 Å². The maximum atomic E-state index is 10.1. The zero-order valence-corrected chi connectivity index (χ0v) is 4.31. The number of hydrogen-bond donors (Lipinski definition) is 1. The number of nitrogens with two attached hydrogens (primary N) is 1. The monoisotopic (exact) mass is 103 g/mol. The molecule has 0 spiro atoms. The maximum absolute atomic E-state index is 10.1. The normalized spacial score (nSPS) is 8.29. The molecule has 0 atom stereocenters. The van der Waals surface area contributed by atoms with E-state index in [1.807, 2.05) is 0 Å². The van der Waals surface area contributed by atoms with Gasteiger partial charge in [-0.25, -0.2) is 4.79 Å². The Labute approximate surface area is 42.7 Å². The van der Waals surface area contributed by atoms with Crippen LogP contribution >= 0.6 is 0 Å². The van der Waals surface area contributed by atoms with E-state index in [1.165, 1.54) is 12.4 Å². The van der Waals surface area contributed by atoms with Gasteiger partial charge in [0.25, 0.3) is 0 Å². The Bertz CT molecular complexity index is 62.7. The molecule has 0 aromatic carbocycles. The molecule has 0 aromatic heterocycles. The van der Waals surface area contributed by atoms with Gasteiger partial charge in [0, 0.05) is 0 Å². The molecule has 0 radical (unpaired) electrons. The van der Waals surface area contributed by atoms with Crippen LogP contribution in [-0.4, -0.2) is 19.6 Å². The van der Waals surface area contributed by atoms with Crippen molar-refractivity contribution in [3.63, 3.8) is 0 Å². The van der Waals surface area contributed by atoms with Gasteiger partial charge in [0.2, 0.25) is 0 Å². The first-order valence-corrected chi connectivity index (χ1v) is 1.99. The van der Waals surface area contributed by atoms with Gasteiger partial charge in [-0.3, -0.25) is 0 Å². The highest BCUT2D eigenvalue weighted by atomic mass is 16.5. The van der Waals surface area contributed by atoms with E-state index in [4.69, 9.17) is 0 Å². The fourth-order valence-electron chi connectivity index (χ4n) is 0.201. The van der Waals surface area contributed by atoms with Gasteiger partial charge in [-0.15, -0.1) is 0 Å². The van der Waals surface area contributed by atoms with Gasteiger partial charge in [0.1, 0.15) is 0 Å². The highest BCUT2D eigenvalue weighted by molar-refractivity contribution is 5.69. The summed E-state index contributed by atoms with van der Waals surface area (Å²) in [6, 6.07) is 0. The van der Waals surface area contributed by atoms with E-state index in [9.17, 15) is 4.79 Å². The van der Waals surface area contributed by atoms with Crippen LogP contribution < -0.4 is 5.32 Å². The lowest BCUT2D eigenvalue weighted by molar-refractivity contribution is -0.585. The first kappa shape index (κ1) is 6.43. The van der Waals surface area contributed by atoms with Crippen LogP contribution in [0.5, 0.6) is 0 Å². The zero-order valence-electron chi connectivity index (χ0n) is 4.31. The molecule has 0 rings (SSSR count). The number of esters is 1. The second-order valence-electron chi connectivity index (χ2n) is 1.07. The van der Waals surface area contributed by atoms with Crippen molar-refractivity contribution in [2.75, 3.05) is 13.7 Å². The van der Waals surface area contributed by atoms with Crippen LogP contribution in [0.2, 0.25) is 0 Å². The molecule has 0 fully saturated rings. The average Bonchev–Trinajstić information content (AvgIpc) is 1.68. The summed E-state index contributed by atoms with van der Waals surface area (Å²) in [5.41, 5.74) is 0. The van der Waals surface area contributed by atoms with Gasteiger partial charge >= 0.3 is 5.97 Å². The molecule has 42 valence electrons. The lowest BCUT2D eigenvalue weighted by Gasteiger charge is -1.94. The summed E-state index contributed by atoms with van der Waals surface area (Å²) in [4.78, 5) is 10.1. The smallest absolute Gasteiger partial charge is 0.359 e. The van der Waals surface area contributed by atoms with Gasteiger partial charge in [-0.05, 0) is 0 Å². The summed E-state index contributed by atoms with van der Waals surface area (Å²) in [5.74, 6) is -0.241. The summed E-state index contributed by atoms with van der Waals surface area (Å²) >= 11 is 0. The average molecular weight is 103 g/mol. The third kappa shape index (κ3) is 3.26. The van der Waals surface area contributed by atoms with Crippen LogP contribution in [0.25, 0.3) is 0 Å². The number of carbonyl (C=O) groups excluding carboxylic acids is 1. The molecule has 0 saturated heterocycles. The van der Waals surface area contributed by atoms with E-state index in [-0.39, 0.29) is 5.97 Å². The van der Waals surface area contributed by atoms with Crippen LogP contribution in [0.15, 0.2) is 0 Å². The minimum Gasteiger partial charge on any atom is -0.470 e. The molecule has 0 bridgehead atoms. The van der Waals surface area contributed by atoms with Crippen LogP contribution in [0.4, 0.5) is 0 Å². The number of quaternary nitrogens is 1. The molecular weight excluding hydrogens is 94.0 g/mol. The third-order valence-electron chi connectivity index (χ3n) is 0.539. The molecular formula is C4H9NO2. The lowest BCUT2D eigenvalue weighted by atomic mass is 10.7. The Morgan fingerprint density at radius 2 is 2.57 bits per heavy atom.